The molecular weight excluding hydrogens is 270 g/mol. The Kier molecular flexibility index (Phi) is 3.13. The Morgan fingerprint density at radius 2 is 2.16 bits per heavy atom. The Labute approximate surface area is 112 Å². The van der Waals surface area contributed by atoms with E-state index in [1.165, 1.54) is 17.4 Å². The monoisotopic (exact) mass is 281 g/mol. The number of nitrogens with one attached hydrogen (secondary N) is 1. The van der Waals surface area contributed by atoms with Crippen LogP contribution in [0.1, 0.15) is 0 Å². The number of piperazine rings is 1. The van der Waals surface area contributed by atoms with Crippen molar-refractivity contribution in [1.29, 1.82) is 0 Å². The highest BCUT2D eigenvalue weighted by molar-refractivity contribution is 7.18. The van der Waals surface area contributed by atoms with E-state index in [-0.39, 0.29) is 5.88 Å². The first-order valence-electron chi connectivity index (χ1n) is 5.78. The van der Waals surface area contributed by atoms with Gasteiger partial charge < -0.3 is 14.6 Å². The van der Waals surface area contributed by atoms with Gasteiger partial charge in [0.15, 0.2) is 10.8 Å². The number of nitro groups is 1. The number of rotatable bonds is 3. The summed E-state index contributed by atoms with van der Waals surface area (Å²) < 4.78 is 5.11. The van der Waals surface area contributed by atoms with Crippen molar-refractivity contribution in [3.63, 3.8) is 0 Å². The van der Waals surface area contributed by atoms with E-state index in [1.54, 1.807) is 6.07 Å². The van der Waals surface area contributed by atoms with E-state index >= 15 is 0 Å². The molecule has 3 heterocycles. The van der Waals surface area contributed by atoms with Crippen LogP contribution in [-0.2, 0) is 0 Å². The predicted octanol–water partition coefficient (Wildman–Crippen LogP) is 1.12. The van der Waals surface area contributed by atoms with Gasteiger partial charge in [-0.1, -0.05) is 11.3 Å². The lowest BCUT2D eigenvalue weighted by Gasteiger charge is -2.26. The highest BCUT2D eigenvalue weighted by Gasteiger charge is 2.19. The van der Waals surface area contributed by atoms with E-state index in [0.717, 1.165) is 31.3 Å². The molecule has 0 unspecified atom stereocenters. The minimum atomic E-state index is -0.568. The number of nitrogens with zero attached hydrogens (tertiary/aromatic N) is 4. The largest absolute Gasteiger partial charge is 0.433 e. The van der Waals surface area contributed by atoms with Gasteiger partial charge in [0.25, 0.3) is 0 Å². The topological polar surface area (TPSA) is 97.3 Å². The average molecular weight is 281 g/mol. The molecule has 0 saturated carbocycles. The highest BCUT2D eigenvalue weighted by Crippen LogP contribution is 2.31. The quantitative estimate of drug-likeness (QED) is 0.665. The predicted molar refractivity (Wildman–Crippen MR) is 69.3 cm³/mol. The van der Waals surface area contributed by atoms with Gasteiger partial charge in [0.2, 0.25) is 5.13 Å². The maximum Gasteiger partial charge on any atom is 0.433 e. The van der Waals surface area contributed by atoms with Gasteiger partial charge in [0, 0.05) is 26.2 Å². The molecule has 0 radical (unpaired) electrons. The van der Waals surface area contributed by atoms with Gasteiger partial charge in [0.05, 0.1) is 6.07 Å². The van der Waals surface area contributed by atoms with E-state index in [4.69, 9.17) is 4.42 Å². The zero-order valence-electron chi connectivity index (χ0n) is 9.90. The molecule has 100 valence electrons. The molecule has 1 fully saturated rings. The maximum atomic E-state index is 10.6. The molecule has 1 aliphatic rings. The van der Waals surface area contributed by atoms with Crippen molar-refractivity contribution in [2.24, 2.45) is 0 Å². The van der Waals surface area contributed by atoms with Gasteiger partial charge in [-0.25, -0.2) is 0 Å². The molecule has 2 aromatic rings. The van der Waals surface area contributed by atoms with Crippen molar-refractivity contribution >= 4 is 22.4 Å². The lowest BCUT2D eigenvalue weighted by atomic mass is 10.4. The molecule has 0 atom stereocenters. The molecule has 8 nitrogen and oxygen atoms in total. The summed E-state index contributed by atoms with van der Waals surface area (Å²) in [6.07, 6.45) is 0. The van der Waals surface area contributed by atoms with Crippen LogP contribution in [0.15, 0.2) is 16.5 Å². The summed E-state index contributed by atoms with van der Waals surface area (Å²) in [7, 11) is 0. The third-order valence-corrected chi connectivity index (χ3v) is 3.78. The third-order valence-electron chi connectivity index (χ3n) is 2.78. The Morgan fingerprint density at radius 1 is 1.37 bits per heavy atom. The van der Waals surface area contributed by atoms with Gasteiger partial charge in [-0.2, -0.15) is 0 Å². The van der Waals surface area contributed by atoms with E-state index in [1.807, 2.05) is 0 Å². The van der Waals surface area contributed by atoms with Crippen molar-refractivity contribution in [1.82, 2.24) is 15.5 Å². The normalized spacial score (nSPS) is 15.7. The van der Waals surface area contributed by atoms with Crippen LogP contribution in [-0.4, -0.2) is 41.3 Å². The molecule has 3 rings (SSSR count). The van der Waals surface area contributed by atoms with Crippen molar-refractivity contribution < 1.29 is 9.34 Å². The molecule has 0 spiro atoms. The Morgan fingerprint density at radius 3 is 2.84 bits per heavy atom. The standard InChI is InChI=1S/C10H11N5O3S/c16-15(17)8-2-1-7(18-8)9-12-13-10(19-9)14-5-3-11-4-6-14/h1-2,11H,3-6H2. The van der Waals surface area contributed by atoms with Gasteiger partial charge in [0.1, 0.15) is 4.92 Å². The van der Waals surface area contributed by atoms with Crippen LogP contribution < -0.4 is 10.2 Å². The Balaban J connectivity index is 1.81. The smallest absolute Gasteiger partial charge is 0.398 e. The van der Waals surface area contributed by atoms with Crippen LogP contribution in [0.5, 0.6) is 0 Å². The van der Waals surface area contributed by atoms with Crippen molar-refractivity contribution in [3.8, 4) is 10.8 Å². The van der Waals surface area contributed by atoms with Crippen LogP contribution in [0.3, 0.4) is 0 Å². The minimum Gasteiger partial charge on any atom is -0.398 e. The van der Waals surface area contributed by atoms with Crippen molar-refractivity contribution in [2.45, 2.75) is 0 Å². The number of furan rings is 1. The summed E-state index contributed by atoms with van der Waals surface area (Å²) in [6.45, 7) is 3.60. The number of aromatic nitrogens is 2. The van der Waals surface area contributed by atoms with Crippen molar-refractivity contribution in [3.05, 3.63) is 22.2 Å². The second kappa shape index (κ2) is 4.94. The molecule has 2 aromatic heterocycles. The second-order valence-corrected chi connectivity index (χ2v) is 4.98. The highest BCUT2D eigenvalue weighted by atomic mass is 32.1. The molecule has 1 saturated heterocycles. The zero-order valence-corrected chi connectivity index (χ0v) is 10.7. The summed E-state index contributed by atoms with van der Waals surface area (Å²) in [5.41, 5.74) is 0. The van der Waals surface area contributed by atoms with Crippen LogP contribution >= 0.6 is 11.3 Å². The van der Waals surface area contributed by atoms with E-state index < -0.39 is 4.92 Å². The van der Waals surface area contributed by atoms with Gasteiger partial charge >= 0.3 is 5.88 Å². The summed E-state index contributed by atoms with van der Waals surface area (Å²) in [4.78, 5) is 12.1. The molecule has 0 bridgehead atoms. The van der Waals surface area contributed by atoms with Gasteiger partial charge in [-0.15, -0.1) is 10.2 Å². The summed E-state index contributed by atoms with van der Waals surface area (Å²) in [5.74, 6) is 0.0968. The van der Waals surface area contributed by atoms with Crippen LogP contribution in [0.2, 0.25) is 0 Å². The second-order valence-electron chi connectivity index (χ2n) is 4.02. The first kappa shape index (κ1) is 12.1. The maximum absolute atomic E-state index is 10.6. The van der Waals surface area contributed by atoms with E-state index in [9.17, 15) is 10.1 Å². The first-order chi connectivity index (χ1) is 9.24. The zero-order chi connectivity index (χ0) is 13.2. The number of hydrogen-bond donors (Lipinski definition) is 1. The lowest BCUT2D eigenvalue weighted by molar-refractivity contribution is -0.401. The fraction of sp³-hybridized carbons (Fsp3) is 0.400. The summed E-state index contributed by atoms with van der Waals surface area (Å²) in [6, 6.07) is 2.86. The molecule has 19 heavy (non-hydrogen) atoms. The minimum absolute atomic E-state index is 0.283. The average Bonchev–Trinajstić information content (AvgIpc) is 3.09. The molecular formula is C10H11N5O3S. The molecule has 0 aliphatic carbocycles. The SMILES string of the molecule is O=[N+]([O-])c1ccc(-c2nnc(N3CCNCC3)s2)o1. The molecule has 0 amide bonds. The lowest BCUT2D eigenvalue weighted by Crippen LogP contribution is -2.43. The summed E-state index contributed by atoms with van der Waals surface area (Å²) >= 11 is 1.38. The molecule has 1 aliphatic heterocycles. The van der Waals surface area contributed by atoms with Crippen LogP contribution in [0.25, 0.3) is 10.8 Å². The first-order valence-corrected chi connectivity index (χ1v) is 6.59. The summed E-state index contributed by atoms with van der Waals surface area (Å²) in [5, 5.41) is 23.3. The van der Waals surface area contributed by atoms with Crippen molar-refractivity contribution in [2.75, 3.05) is 31.1 Å². The molecule has 9 heteroatoms. The van der Waals surface area contributed by atoms with Crippen LogP contribution in [0.4, 0.5) is 11.0 Å². The van der Waals surface area contributed by atoms with Crippen LogP contribution in [0, 0.1) is 10.1 Å². The molecule has 0 aromatic carbocycles. The fourth-order valence-corrected chi connectivity index (χ4v) is 2.70. The Bertz CT molecular complexity index is 590. The number of hydrogen-bond acceptors (Lipinski definition) is 8. The third kappa shape index (κ3) is 2.42. The van der Waals surface area contributed by atoms with Gasteiger partial charge in [-0.3, -0.25) is 10.1 Å². The van der Waals surface area contributed by atoms with E-state index in [2.05, 4.69) is 20.4 Å². The van der Waals surface area contributed by atoms with E-state index in [0.29, 0.717) is 10.8 Å². The number of anilines is 1. The fourth-order valence-electron chi connectivity index (χ4n) is 1.84. The van der Waals surface area contributed by atoms with Gasteiger partial charge in [-0.05, 0) is 6.07 Å². The molecule has 1 N–H and O–H groups in total. The Hall–Kier alpha value is -2.00.